The number of sulfonamides is 1. The number of aliphatic carboxylic acids is 1. The molecular formula is C14H17NO5S. The number of carbonyl (C=O) groups is 1. The molecule has 0 aliphatic carbocycles. The molecule has 7 heteroatoms. The predicted octanol–water partition coefficient (Wildman–Crippen LogP) is 2.21. The number of furan rings is 1. The largest absolute Gasteiger partial charge is 0.480 e. The number of benzene rings is 1. The lowest BCUT2D eigenvalue weighted by Crippen LogP contribution is -2.41. The third-order valence-corrected chi connectivity index (χ3v) is 4.53. The van der Waals surface area contributed by atoms with Crippen LogP contribution in [0.3, 0.4) is 0 Å². The van der Waals surface area contributed by atoms with Crippen molar-refractivity contribution in [2.45, 2.75) is 31.2 Å². The number of carboxylic acids is 1. The summed E-state index contributed by atoms with van der Waals surface area (Å²) in [5.41, 5.74) is 0.221. The Labute approximate surface area is 122 Å². The molecule has 21 heavy (non-hydrogen) atoms. The number of nitrogens with one attached hydrogen (secondary N) is 1. The molecule has 0 bridgehead atoms. The Morgan fingerprint density at radius 1 is 1.33 bits per heavy atom. The fourth-order valence-corrected chi connectivity index (χ4v) is 3.46. The second kappa shape index (κ2) is 5.87. The summed E-state index contributed by atoms with van der Waals surface area (Å²) in [6.45, 7) is 3.66. The molecule has 2 N–H and O–H groups in total. The van der Waals surface area contributed by atoms with Gasteiger partial charge >= 0.3 is 5.97 Å². The second-order valence-electron chi connectivity index (χ2n) is 5.24. The Hall–Kier alpha value is -1.86. The summed E-state index contributed by atoms with van der Waals surface area (Å²) >= 11 is 0. The van der Waals surface area contributed by atoms with Gasteiger partial charge in [0.05, 0.1) is 6.26 Å². The van der Waals surface area contributed by atoms with Crippen molar-refractivity contribution in [3.63, 3.8) is 0 Å². The van der Waals surface area contributed by atoms with Crippen molar-refractivity contribution in [3.8, 4) is 0 Å². The summed E-state index contributed by atoms with van der Waals surface area (Å²) in [5, 5.41) is 9.80. The van der Waals surface area contributed by atoms with Gasteiger partial charge in [0.25, 0.3) is 0 Å². The summed E-state index contributed by atoms with van der Waals surface area (Å²) in [6, 6.07) is 5.19. The maximum Gasteiger partial charge on any atom is 0.321 e. The monoisotopic (exact) mass is 311 g/mol. The number of carboxylic acid groups (broad SMARTS) is 1. The van der Waals surface area contributed by atoms with Crippen molar-refractivity contribution >= 4 is 27.0 Å². The van der Waals surface area contributed by atoms with Gasteiger partial charge < -0.3 is 9.52 Å². The number of rotatable bonds is 6. The average Bonchev–Trinajstić information content (AvgIpc) is 2.84. The van der Waals surface area contributed by atoms with Gasteiger partial charge in [-0.25, -0.2) is 8.42 Å². The number of para-hydroxylation sites is 1. The van der Waals surface area contributed by atoms with Crippen molar-refractivity contribution in [2.75, 3.05) is 0 Å². The van der Waals surface area contributed by atoms with Gasteiger partial charge in [-0.05, 0) is 24.5 Å². The van der Waals surface area contributed by atoms with Crippen LogP contribution in [0.5, 0.6) is 0 Å². The molecule has 0 spiro atoms. The predicted molar refractivity (Wildman–Crippen MR) is 77.4 cm³/mol. The van der Waals surface area contributed by atoms with Crippen molar-refractivity contribution in [1.29, 1.82) is 0 Å². The van der Waals surface area contributed by atoms with Crippen molar-refractivity contribution in [1.82, 2.24) is 4.72 Å². The number of hydrogen-bond donors (Lipinski definition) is 2. The summed E-state index contributed by atoms with van der Waals surface area (Å²) in [6.07, 6.45) is 1.61. The third kappa shape index (κ3) is 3.43. The number of hydrogen-bond acceptors (Lipinski definition) is 4. The molecule has 0 amide bonds. The van der Waals surface area contributed by atoms with Crippen LogP contribution in [-0.2, 0) is 14.8 Å². The highest BCUT2D eigenvalue weighted by Gasteiger charge is 2.28. The SMILES string of the molecule is CC(C)C[C@@H](NS(=O)(=O)c1cccc2ccoc12)C(=O)O. The van der Waals surface area contributed by atoms with E-state index < -0.39 is 22.0 Å². The zero-order valence-electron chi connectivity index (χ0n) is 11.7. The lowest BCUT2D eigenvalue weighted by Gasteiger charge is -2.16. The molecule has 1 aromatic heterocycles. The third-order valence-electron chi connectivity index (χ3n) is 3.03. The van der Waals surface area contributed by atoms with Crippen LogP contribution in [0.25, 0.3) is 11.0 Å². The molecule has 1 aromatic carbocycles. The molecule has 0 aliphatic heterocycles. The van der Waals surface area contributed by atoms with Gasteiger partial charge in [-0.3, -0.25) is 4.79 Å². The Kier molecular flexibility index (Phi) is 4.34. The normalized spacial score (nSPS) is 13.7. The second-order valence-corrected chi connectivity index (χ2v) is 6.92. The van der Waals surface area contributed by atoms with Crippen LogP contribution in [0.1, 0.15) is 20.3 Å². The molecule has 2 aromatic rings. The van der Waals surface area contributed by atoms with Gasteiger partial charge in [-0.15, -0.1) is 0 Å². The lowest BCUT2D eigenvalue weighted by atomic mass is 10.1. The van der Waals surface area contributed by atoms with Crippen LogP contribution in [0.15, 0.2) is 39.8 Å². The van der Waals surface area contributed by atoms with E-state index in [9.17, 15) is 13.2 Å². The maximum atomic E-state index is 12.4. The van der Waals surface area contributed by atoms with Gasteiger partial charge in [0.2, 0.25) is 10.0 Å². The molecule has 114 valence electrons. The van der Waals surface area contributed by atoms with Gasteiger partial charge in [0.1, 0.15) is 10.9 Å². The first-order chi connectivity index (χ1) is 9.81. The summed E-state index contributed by atoms with van der Waals surface area (Å²) < 4.78 is 32.2. The quantitative estimate of drug-likeness (QED) is 0.852. The topological polar surface area (TPSA) is 96.6 Å². The van der Waals surface area contributed by atoms with Crippen LogP contribution in [0.4, 0.5) is 0 Å². The van der Waals surface area contributed by atoms with Crippen LogP contribution in [0.2, 0.25) is 0 Å². The Morgan fingerprint density at radius 3 is 2.67 bits per heavy atom. The summed E-state index contributed by atoms with van der Waals surface area (Å²) in [5.74, 6) is -1.15. The van der Waals surface area contributed by atoms with E-state index in [0.29, 0.717) is 5.39 Å². The van der Waals surface area contributed by atoms with E-state index in [4.69, 9.17) is 9.52 Å². The van der Waals surface area contributed by atoms with E-state index in [0.717, 1.165) is 0 Å². The van der Waals surface area contributed by atoms with E-state index in [1.54, 1.807) is 18.2 Å². The van der Waals surface area contributed by atoms with Crippen molar-refractivity contribution in [3.05, 3.63) is 30.5 Å². The van der Waals surface area contributed by atoms with E-state index in [2.05, 4.69) is 4.72 Å². The zero-order chi connectivity index (χ0) is 15.6. The van der Waals surface area contributed by atoms with Gasteiger partial charge in [0.15, 0.2) is 5.58 Å². The zero-order valence-corrected chi connectivity index (χ0v) is 12.6. The molecule has 0 radical (unpaired) electrons. The molecule has 2 rings (SSSR count). The van der Waals surface area contributed by atoms with E-state index in [-0.39, 0.29) is 22.8 Å². The molecule has 0 saturated carbocycles. The summed E-state index contributed by atoms with van der Waals surface area (Å²) in [7, 11) is -3.97. The summed E-state index contributed by atoms with van der Waals surface area (Å²) in [4.78, 5) is 11.2. The first-order valence-corrected chi connectivity index (χ1v) is 8.01. The Morgan fingerprint density at radius 2 is 2.05 bits per heavy atom. The maximum absolute atomic E-state index is 12.4. The van der Waals surface area contributed by atoms with Crippen LogP contribution in [-0.4, -0.2) is 25.5 Å². The molecule has 0 aliphatic rings. The molecule has 0 saturated heterocycles. The van der Waals surface area contributed by atoms with E-state index in [1.165, 1.54) is 12.3 Å². The Balaban J connectivity index is 2.37. The lowest BCUT2D eigenvalue weighted by molar-refractivity contribution is -0.139. The molecule has 1 atom stereocenters. The molecule has 0 fully saturated rings. The highest BCUT2D eigenvalue weighted by atomic mass is 32.2. The molecule has 1 heterocycles. The van der Waals surface area contributed by atoms with Crippen molar-refractivity contribution in [2.24, 2.45) is 5.92 Å². The highest BCUT2D eigenvalue weighted by Crippen LogP contribution is 2.24. The van der Waals surface area contributed by atoms with Crippen molar-refractivity contribution < 1.29 is 22.7 Å². The smallest absolute Gasteiger partial charge is 0.321 e. The molecule has 0 unspecified atom stereocenters. The van der Waals surface area contributed by atoms with E-state index >= 15 is 0 Å². The highest BCUT2D eigenvalue weighted by molar-refractivity contribution is 7.89. The minimum Gasteiger partial charge on any atom is -0.480 e. The number of fused-ring (bicyclic) bond motifs is 1. The van der Waals surface area contributed by atoms with E-state index in [1.807, 2.05) is 13.8 Å². The Bertz CT molecular complexity index is 748. The fraction of sp³-hybridized carbons (Fsp3) is 0.357. The van der Waals surface area contributed by atoms with Gasteiger partial charge in [-0.1, -0.05) is 26.0 Å². The van der Waals surface area contributed by atoms with Crippen LogP contribution < -0.4 is 4.72 Å². The van der Waals surface area contributed by atoms with Crippen LogP contribution >= 0.6 is 0 Å². The van der Waals surface area contributed by atoms with Crippen LogP contribution in [0, 0.1) is 5.92 Å². The minimum atomic E-state index is -3.97. The van der Waals surface area contributed by atoms with Gasteiger partial charge in [0, 0.05) is 5.39 Å². The first kappa shape index (κ1) is 15.5. The first-order valence-electron chi connectivity index (χ1n) is 6.52. The van der Waals surface area contributed by atoms with Gasteiger partial charge in [-0.2, -0.15) is 4.72 Å². The molecular weight excluding hydrogens is 294 g/mol. The minimum absolute atomic E-state index is 0.0493. The molecule has 6 nitrogen and oxygen atoms in total. The standard InChI is InChI=1S/C14H17NO5S/c1-9(2)8-11(14(16)17)15-21(18,19)12-5-3-4-10-6-7-20-13(10)12/h3-7,9,11,15H,8H2,1-2H3,(H,16,17)/t11-/m1/s1. The average molecular weight is 311 g/mol. The fourth-order valence-electron chi connectivity index (χ4n) is 2.10.